The van der Waals surface area contributed by atoms with Crippen molar-refractivity contribution in [2.75, 3.05) is 46.1 Å². The number of hydrogen-bond donors (Lipinski definition) is 7. The van der Waals surface area contributed by atoms with Crippen LogP contribution in [-0.4, -0.2) is 122 Å². The lowest BCUT2D eigenvalue weighted by Gasteiger charge is -2.27. The van der Waals surface area contributed by atoms with Gasteiger partial charge < -0.3 is 47.0 Å². The number of amides is 7. The van der Waals surface area contributed by atoms with Crippen molar-refractivity contribution < 1.29 is 33.6 Å². The Bertz CT molecular complexity index is 1810. The van der Waals surface area contributed by atoms with E-state index < -0.39 is 66.3 Å². The van der Waals surface area contributed by atoms with Gasteiger partial charge in [0, 0.05) is 32.7 Å². The number of anilines is 1. The van der Waals surface area contributed by atoms with Gasteiger partial charge in [0.15, 0.2) is 0 Å². The summed E-state index contributed by atoms with van der Waals surface area (Å²) in [4.78, 5) is 97.8. The van der Waals surface area contributed by atoms with Gasteiger partial charge in [0.25, 0.3) is 0 Å². The lowest BCUT2D eigenvalue weighted by Crippen LogP contribution is -2.57. The summed E-state index contributed by atoms with van der Waals surface area (Å²) in [5, 5.41) is 20.1. The van der Waals surface area contributed by atoms with E-state index in [1.54, 1.807) is 7.05 Å². The highest BCUT2D eigenvalue weighted by Gasteiger charge is 2.35. The predicted octanol–water partition coefficient (Wildman–Crippen LogP) is 2.87. The lowest BCUT2D eigenvalue weighted by molar-refractivity contribution is -0.138. The van der Waals surface area contributed by atoms with E-state index >= 15 is 0 Å². The van der Waals surface area contributed by atoms with Crippen LogP contribution in [0.2, 0.25) is 0 Å². The third-order valence-corrected chi connectivity index (χ3v) is 11.0. The van der Waals surface area contributed by atoms with Gasteiger partial charge in [-0.25, -0.2) is 0 Å². The number of benzene rings is 2. The topological polar surface area (TPSA) is 210 Å². The van der Waals surface area contributed by atoms with Gasteiger partial charge in [-0.15, -0.1) is 0 Å². The minimum Gasteiger partial charge on any atom is -0.388 e. The first-order valence-corrected chi connectivity index (χ1v) is 22.5. The second kappa shape index (κ2) is 26.8. The van der Waals surface area contributed by atoms with Crippen LogP contribution in [0.3, 0.4) is 0 Å². The zero-order valence-corrected chi connectivity index (χ0v) is 38.7. The van der Waals surface area contributed by atoms with E-state index in [4.69, 9.17) is 0 Å². The molecule has 0 aromatic heterocycles. The van der Waals surface area contributed by atoms with Gasteiger partial charge in [-0.3, -0.25) is 33.6 Å². The molecule has 0 aliphatic carbocycles. The average Bonchev–Trinajstić information content (AvgIpc) is 3.75. The van der Waals surface area contributed by atoms with E-state index in [2.05, 4.69) is 37.2 Å². The molecule has 63 heavy (non-hydrogen) atoms. The largest absolute Gasteiger partial charge is 0.388 e. The normalized spacial score (nSPS) is 15.5. The van der Waals surface area contributed by atoms with Crippen LogP contribution >= 0.6 is 0 Å². The molecule has 1 aliphatic rings. The van der Waals surface area contributed by atoms with Crippen molar-refractivity contribution in [3.05, 3.63) is 65.7 Å². The fourth-order valence-electron chi connectivity index (χ4n) is 7.66. The number of para-hydroxylation sites is 1. The second-order valence-corrected chi connectivity index (χ2v) is 17.6. The smallest absolute Gasteiger partial charge is 0.243 e. The highest BCUT2D eigenvalue weighted by molar-refractivity contribution is 5.96. The van der Waals surface area contributed by atoms with Crippen molar-refractivity contribution in [1.29, 1.82) is 0 Å². The Morgan fingerprint density at radius 2 is 1.29 bits per heavy atom. The zero-order valence-electron chi connectivity index (χ0n) is 38.7. The van der Waals surface area contributed by atoms with Crippen LogP contribution in [0.5, 0.6) is 0 Å². The maximum absolute atomic E-state index is 14.2. The number of carbonyl (C=O) groups is 7. The van der Waals surface area contributed by atoms with Crippen LogP contribution in [0.1, 0.15) is 97.1 Å². The van der Waals surface area contributed by atoms with E-state index in [1.807, 2.05) is 101 Å². The Morgan fingerprint density at radius 1 is 0.698 bits per heavy atom. The molecule has 1 fully saturated rings. The van der Waals surface area contributed by atoms with Crippen LogP contribution in [0, 0.1) is 11.8 Å². The third kappa shape index (κ3) is 18.4. The van der Waals surface area contributed by atoms with Crippen LogP contribution < -0.4 is 37.2 Å². The first-order chi connectivity index (χ1) is 30.0. The van der Waals surface area contributed by atoms with E-state index in [9.17, 15) is 33.6 Å². The molecular formula is C47H73N9O7. The van der Waals surface area contributed by atoms with Crippen LogP contribution in [-0.2, 0) is 46.5 Å². The Balaban J connectivity index is 1.77. The molecule has 1 saturated heterocycles. The standard InChI is InChI=1S/C47H73N9O7/c1-31(2)27-39(43(59)49-29-35-19-12-13-20-36(35)48-6)53-45(61)37(21-14-15-25-55(7)8)52-46(62)38(24-23-34-17-10-9-11-18-34)51-42(58)30-50-44(60)40(28-32(3)4)54-47(63)41-22-16-26-56(41)33(5)57/h9-13,17-20,31-32,37-41,48H,14-16,21-30H2,1-8H3,(H,49,59)(H,50,60)(H,51,58)(H,52,62)(H,53,61)(H,54,63)/t37-,38-,39-,40-,41-/m0/s1. The first kappa shape index (κ1) is 51.8. The molecule has 0 radical (unpaired) electrons. The number of rotatable bonds is 26. The van der Waals surface area contributed by atoms with Crippen molar-refractivity contribution in [1.82, 2.24) is 41.7 Å². The van der Waals surface area contributed by atoms with Crippen LogP contribution in [0.25, 0.3) is 0 Å². The molecule has 7 N–H and O–H groups in total. The summed E-state index contributed by atoms with van der Waals surface area (Å²) < 4.78 is 0. The van der Waals surface area contributed by atoms with Gasteiger partial charge in [-0.1, -0.05) is 76.2 Å². The zero-order chi connectivity index (χ0) is 46.5. The Labute approximate surface area is 374 Å². The molecule has 0 bridgehead atoms. The summed E-state index contributed by atoms with van der Waals surface area (Å²) in [5.41, 5.74) is 2.70. The monoisotopic (exact) mass is 876 g/mol. The highest BCUT2D eigenvalue weighted by atomic mass is 16.2. The molecule has 1 aliphatic heterocycles. The van der Waals surface area contributed by atoms with Crippen molar-refractivity contribution in [2.45, 2.75) is 129 Å². The van der Waals surface area contributed by atoms with Crippen molar-refractivity contribution in [2.24, 2.45) is 11.8 Å². The highest BCUT2D eigenvalue weighted by Crippen LogP contribution is 2.19. The number of unbranched alkanes of at least 4 members (excludes halogenated alkanes) is 1. The fraction of sp³-hybridized carbons (Fsp3) is 0.596. The number of likely N-dealkylation sites (tertiary alicyclic amines) is 1. The summed E-state index contributed by atoms with van der Waals surface area (Å²) in [6, 6.07) is 12.5. The van der Waals surface area contributed by atoms with Gasteiger partial charge in [0.2, 0.25) is 41.4 Å². The Hall–Kier alpha value is -5.51. The van der Waals surface area contributed by atoms with Gasteiger partial charge in [0.05, 0.1) is 6.54 Å². The van der Waals surface area contributed by atoms with Gasteiger partial charge >= 0.3 is 0 Å². The van der Waals surface area contributed by atoms with E-state index in [-0.39, 0.29) is 36.6 Å². The minimum absolute atomic E-state index is 0.0253. The SMILES string of the molecule is CNc1ccccc1CNC(=O)[C@H](CC(C)C)NC(=O)[C@H](CCCCN(C)C)NC(=O)[C@H](CCc1ccccc1)NC(=O)CNC(=O)[C@H](CC(C)C)NC(=O)[C@@H]1CCCN1C(C)=O. The lowest BCUT2D eigenvalue weighted by atomic mass is 10.0. The van der Waals surface area contributed by atoms with Crippen molar-refractivity contribution in [3.63, 3.8) is 0 Å². The molecule has 7 amide bonds. The number of carbonyl (C=O) groups excluding carboxylic acids is 7. The van der Waals surface area contributed by atoms with Gasteiger partial charge in [0.1, 0.15) is 30.2 Å². The quantitative estimate of drug-likeness (QED) is 0.0693. The van der Waals surface area contributed by atoms with Crippen LogP contribution in [0.4, 0.5) is 5.69 Å². The molecule has 0 saturated carbocycles. The fourth-order valence-corrected chi connectivity index (χ4v) is 7.66. The Morgan fingerprint density at radius 3 is 1.90 bits per heavy atom. The number of aryl methyl sites for hydroxylation is 1. The van der Waals surface area contributed by atoms with E-state index in [0.717, 1.165) is 29.8 Å². The van der Waals surface area contributed by atoms with Crippen LogP contribution in [0.15, 0.2) is 54.6 Å². The Kier molecular flexibility index (Phi) is 22.1. The number of hydrogen-bond acceptors (Lipinski definition) is 9. The van der Waals surface area contributed by atoms with E-state index in [1.165, 1.54) is 11.8 Å². The summed E-state index contributed by atoms with van der Waals surface area (Å²) in [6.45, 7) is 10.2. The summed E-state index contributed by atoms with van der Waals surface area (Å²) >= 11 is 0. The molecule has 5 atom stereocenters. The molecule has 16 nitrogen and oxygen atoms in total. The maximum Gasteiger partial charge on any atom is 0.243 e. The molecule has 2 aromatic carbocycles. The van der Waals surface area contributed by atoms with Gasteiger partial charge in [-0.2, -0.15) is 0 Å². The van der Waals surface area contributed by atoms with Crippen molar-refractivity contribution >= 4 is 47.0 Å². The summed E-state index contributed by atoms with van der Waals surface area (Å²) in [5.74, 6) is -3.17. The molecule has 1 heterocycles. The van der Waals surface area contributed by atoms with E-state index in [0.29, 0.717) is 51.5 Å². The molecule has 0 spiro atoms. The number of nitrogens with zero attached hydrogens (tertiary/aromatic N) is 2. The molecule has 3 rings (SSSR count). The predicted molar refractivity (Wildman–Crippen MR) is 245 cm³/mol. The molecule has 0 unspecified atom stereocenters. The number of nitrogens with one attached hydrogen (secondary N) is 7. The molecule has 16 heteroatoms. The average molecular weight is 876 g/mol. The van der Waals surface area contributed by atoms with Crippen molar-refractivity contribution in [3.8, 4) is 0 Å². The third-order valence-electron chi connectivity index (χ3n) is 11.0. The molecule has 348 valence electrons. The molecule has 2 aromatic rings. The van der Waals surface area contributed by atoms with Gasteiger partial charge in [-0.05, 0) is 107 Å². The minimum atomic E-state index is -1.08. The summed E-state index contributed by atoms with van der Waals surface area (Å²) in [6.07, 6.45) is 4.13. The summed E-state index contributed by atoms with van der Waals surface area (Å²) in [7, 11) is 5.72. The first-order valence-electron chi connectivity index (χ1n) is 22.5. The second-order valence-electron chi connectivity index (χ2n) is 17.6. The molecular weight excluding hydrogens is 803 g/mol. The maximum atomic E-state index is 14.2.